The average molecular weight is 290 g/mol. The van der Waals surface area contributed by atoms with E-state index in [4.69, 9.17) is 9.05 Å². The van der Waals surface area contributed by atoms with Crippen molar-refractivity contribution in [2.24, 2.45) is 0 Å². The summed E-state index contributed by atoms with van der Waals surface area (Å²) in [5.41, 5.74) is 1.64. The van der Waals surface area contributed by atoms with Crippen LogP contribution in [0.1, 0.15) is 71.1 Å². The molecule has 2 atom stereocenters. The van der Waals surface area contributed by atoms with Crippen LogP contribution < -0.4 is 0 Å². The predicted molar refractivity (Wildman–Crippen MR) is 82.0 cm³/mol. The molecule has 0 aromatic rings. The summed E-state index contributed by atoms with van der Waals surface area (Å²) >= 11 is 0. The lowest BCUT2D eigenvalue weighted by Gasteiger charge is -2.25. The average Bonchev–Trinajstić information content (AvgIpc) is 2.45. The Morgan fingerprint density at radius 3 is 1.50 bits per heavy atom. The minimum atomic E-state index is 0.0190. The van der Waals surface area contributed by atoms with Gasteiger partial charge in [0.05, 0.1) is 0 Å². The van der Waals surface area contributed by atoms with Gasteiger partial charge in [-0.2, -0.15) is 0 Å². The Labute approximate surface area is 116 Å². The fourth-order valence-electron chi connectivity index (χ4n) is 2.85. The van der Waals surface area contributed by atoms with Crippen LogP contribution in [0.5, 0.6) is 0 Å². The molecule has 0 aromatic heterocycles. The van der Waals surface area contributed by atoms with E-state index < -0.39 is 0 Å². The Kier molecular flexibility index (Phi) is 7.46. The molecule has 2 unspecified atom stereocenters. The minimum absolute atomic E-state index is 0.0190. The molecule has 2 aliphatic rings. The maximum atomic E-state index is 5.89. The van der Waals surface area contributed by atoms with Gasteiger partial charge in [0.25, 0.3) is 0 Å². The standard InChI is InChI=1S/C14H28O2P2/c1-12(15-17-13-8-4-2-5-9-13)16-18-14-10-6-3-7-11-14/h12-14,17-18H,2-11H2,1H3. The van der Waals surface area contributed by atoms with Crippen molar-refractivity contribution in [1.82, 2.24) is 0 Å². The van der Waals surface area contributed by atoms with Crippen LogP contribution in [0.2, 0.25) is 0 Å². The Hall–Kier alpha value is 0.780. The number of hydrogen-bond donors (Lipinski definition) is 0. The van der Waals surface area contributed by atoms with Crippen LogP contribution in [-0.4, -0.2) is 17.6 Å². The molecule has 0 N–H and O–H groups in total. The van der Waals surface area contributed by atoms with Crippen molar-refractivity contribution in [2.45, 2.75) is 88.7 Å². The summed E-state index contributed by atoms with van der Waals surface area (Å²) in [6.07, 6.45) is 14.0. The Bertz CT molecular complexity index is 192. The molecule has 0 heterocycles. The zero-order valence-corrected chi connectivity index (χ0v) is 13.6. The normalized spacial score (nSPS) is 26.5. The lowest BCUT2D eigenvalue weighted by molar-refractivity contribution is 0.0478. The van der Waals surface area contributed by atoms with Crippen molar-refractivity contribution in [3.05, 3.63) is 0 Å². The molecule has 2 fully saturated rings. The van der Waals surface area contributed by atoms with Gasteiger partial charge in [-0.15, -0.1) is 0 Å². The smallest absolute Gasteiger partial charge is 0.161 e. The van der Waals surface area contributed by atoms with E-state index in [9.17, 15) is 0 Å². The maximum absolute atomic E-state index is 5.89. The van der Waals surface area contributed by atoms with Crippen LogP contribution in [0.25, 0.3) is 0 Å². The molecule has 18 heavy (non-hydrogen) atoms. The van der Waals surface area contributed by atoms with E-state index in [0.717, 1.165) is 11.3 Å². The molecule has 4 heteroatoms. The predicted octanol–water partition coefficient (Wildman–Crippen LogP) is 5.22. The van der Waals surface area contributed by atoms with E-state index in [1.165, 1.54) is 64.2 Å². The molecule has 0 aliphatic heterocycles. The van der Waals surface area contributed by atoms with Gasteiger partial charge in [-0.1, -0.05) is 38.5 Å². The molecule has 0 amide bonds. The second-order valence-corrected chi connectivity index (χ2v) is 8.28. The summed E-state index contributed by atoms with van der Waals surface area (Å²) in [6.45, 7) is 2.08. The molecular weight excluding hydrogens is 262 g/mol. The molecule has 2 saturated carbocycles. The van der Waals surface area contributed by atoms with E-state index in [0.29, 0.717) is 17.6 Å². The van der Waals surface area contributed by atoms with Gasteiger partial charge in [-0.25, -0.2) is 0 Å². The third-order valence-electron chi connectivity index (χ3n) is 4.01. The van der Waals surface area contributed by atoms with Crippen LogP contribution in [0, 0.1) is 0 Å². The van der Waals surface area contributed by atoms with E-state index in [1.807, 2.05) is 0 Å². The van der Waals surface area contributed by atoms with E-state index in [1.54, 1.807) is 0 Å². The van der Waals surface area contributed by atoms with E-state index >= 15 is 0 Å². The van der Waals surface area contributed by atoms with Crippen molar-refractivity contribution in [3.8, 4) is 0 Å². The lowest BCUT2D eigenvalue weighted by Crippen LogP contribution is -2.13. The molecule has 0 radical (unpaired) electrons. The second kappa shape index (κ2) is 8.85. The van der Waals surface area contributed by atoms with Crippen LogP contribution in [0.3, 0.4) is 0 Å². The molecule has 0 bridgehead atoms. The first-order valence-corrected chi connectivity index (χ1v) is 9.64. The third kappa shape index (κ3) is 5.83. The van der Waals surface area contributed by atoms with Crippen LogP contribution in [0.4, 0.5) is 0 Å². The van der Waals surface area contributed by atoms with Crippen LogP contribution >= 0.6 is 17.6 Å². The molecule has 2 aliphatic carbocycles. The van der Waals surface area contributed by atoms with Gasteiger partial charge in [-0.05, 0) is 32.6 Å². The molecular formula is C14H28O2P2. The Morgan fingerprint density at radius 2 is 1.11 bits per heavy atom. The van der Waals surface area contributed by atoms with Crippen molar-refractivity contribution in [2.75, 3.05) is 0 Å². The van der Waals surface area contributed by atoms with Crippen molar-refractivity contribution >= 4 is 17.6 Å². The van der Waals surface area contributed by atoms with Gasteiger partial charge in [0, 0.05) is 28.9 Å². The summed E-state index contributed by atoms with van der Waals surface area (Å²) < 4.78 is 11.8. The summed E-state index contributed by atoms with van der Waals surface area (Å²) in [5, 5.41) is 0. The highest BCUT2D eigenvalue weighted by atomic mass is 31.1. The number of rotatable bonds is 6. The van der Waals surface area contributed by atoms with Gasteiger partial charge >= 0.3 is 0 Å². The van der Waals surface area contributed by atoms with Crippen molar-refractivity contribution in [3.63, 3.8) is 0 Å². The molecule has 2 nitrogen and oxygen atoms in total. The van der Waals surface area contributed by atoms with E-state index in [2.05, 4.69) is 6.92 Å². The third-order valence-corrected chi connectivity index (χ3v) is 6.77. The van der Waals surface area contributed by atoms with Crippen molar-refractivity contribution in [1.29, 1.82) is 0 Å². The molecule has 0 spiro atoms. The summed E-state index contributed by atoms with van der Waals surface area (Å²) in [4.78, 5) is 0. The zero-order valence-electron chi connectivity index (χ0n) is 11.6. The van der Waals surface area contributed by atoms with Gasteiger partial charge in [0.2, 0.25) is 0 Å². The highest BCUT2D eigenvalue weighted by molar-refractivity contribution is 7.34. The van der Waals surface area contributed by atoms with Crippen LogP contribution in [0.15, 0.2) is 0 Å². The highest BCUT2D eigenvalue weighted by Crippen LogP contribution is 2.38. The molecule has 2 rings (SSSR count). The maximum Gasteiger partial charge on any atom is 0.161 e. The van der Waals surface area contributed by atoms with Gasteiger partial charge < -0.3 is 9.05 Å². The monoisotopic (exact) mass is 290 g/mol. The van der Waals surface area contributed by atoms with Crippen molar-refractivity contribution < 1.29 is 9.05 Å². The minimum Gasteiger partial charge on any atom is -0.333 e. The summed E-state index contributed by atoms with van der Waals surface area (Å²) in [5.74, 6) is 0. The Morgan fingerprint density at radius 1 is 0.722 bits per heavy atom. The van der Waals surface area contributed by atoms with E-state index in [-0.39, 0.29) is 6.29 Å². The topological polar surface area (TPSA) is 18.5 Å². The van der Waals surface area contributed by atoms with Crippen LogP contribution in [-0.2, 0) is 9.05 Å². The first-order valence-electron chi connectivity index (χ1n) is 7.67. The summed E-state index contributed by atoms with van der Waals surface area (Å²) in [7, 11) is 1.32. The summed E-state index contributed by atoms with van der Waals surface area (Å²) in [6, 6.07) is 0. The molecule has 106 valence electrons. The first kappa shape index (κ1) is 15.2. The first-order chi connectivity index (χ1) is 8.84. The van der Waals surface area contributed by atoms with Gasteiger partial charge in [-0.3, -0.25) is 0 Å². The molecule has 0 saturated heterocycles. The molecule has 0 aromatic carbocycles. The fraction of sp³-hybridized carbons (Fsp3) is 1.00. The highest BCUT2D eigenvalue weighted by Gasteiger charge is 2.17. The van der Waals surface area contributed by atoms with Gasteiger partial charge in [0.1, 0.15) is 0 Å². The fourth-order valence-corrected chi connectivity index (χ4v) is 5.10. The zero-order chi connectivity index (χ0) is 12.6. The quantitative estimate of drug-likeness (QED) is 0.493. The Balaban J connectivity index is 1.52. The number of hydrogen-bond acceptors (Lipinski definition) is 2. The van der Waals surface area contributed by atoms with Gasteiger partial charge in [0.15, 0.2) is 6.29 Å². The lowest BCUT2D eigenvalue weighted by atomic mass is 10.0. The largest absolute Gasteiger partial charge is 0.333 e. The second-order valence-electron chi connectivity index (χ2n) is 5.71. The SMILES string of the molecule is CC(OPC1CCCCC1)OPC1CCCCC1.